The summed E-state index contributed by atoms with van der Waals surface area (Å²) in [6.07, 6.45) is 1.10. The van der Waals surface area contributed by atoms with Crippen LogP contribution >= 0.6 is 0 Å². The summed E-state index contributed by atoms with van der Waals surface area (Å²) in [5.41, 5.74) is -0.0220. The lowest BCUT2D eigenvalue weighted by atomic mass is 9.96. The highest BCUT2D eigenvalue weighted by atomic mass is 19.1. The Kier molecular flexibility index (Phi) is 3.91. The van der Waals surface area contributed by atoms with Gasteiger partial charge in [-0.1, -0.05) is 30.3 Å². The van der Waals surface area contributed by atoms with Gasteiger partial charge in [-0.25, -0.2) is 18.1 Å². The molecule has 0 aliphatic carbocycles. The van der Waals surface area contributed by atoms with E-state index < -0.39 is 22.9 Å². The third-order valence-corrected chi connectivity index (χ3v) is 4.51. The van der Waals surface area contributed by atoms with Gasteiger partial charge in [-0.2, -0.15) is 0 Å². The number of nitrogens with one attached hydrogen (secondary N) is 2. The molecule has 26 heavy (non-hydrogen) atoms. The van der Waals surface area contributed by atoms with Gasteiger partial charge in [0.05, 0.1) is 17.3 Å². The van der Waals surface area contributed by atoms with Crippen LogP contribution in [-0.2, 0) is 6.42 Å². The second-order valence-corrected chi connectivity index (χ2v) is 6.20. The highest BCUT2D eigenvalue weighted by Gasteiger charge is 2.24. The summed E-state index contributed by atoms with van der Waals surface area (Å²) in [4.78, 5) is 27.8. The molecule has 3 aromatic rings. The van der Waals surface area contributed by atoms with Gasteiger partial charge in [0.2, 0.25) is 0 Å². The molecule has 2 N–H and O–H groups in total. The van der Waals surface area contributed by atoms with Crippen molar-refractivity contribution >= 4 is 5.82 Å². The van der Waals surface area contributed by atoms with E-state index in [1.54, 1.807) is 0 Å². The lowest BCUT2D eigenvalue weighted by molar-refractivity contribution is 0.579. The molecule has 7 heteroatoms. The zero-order valence-electron chi connectivity index (χ0n) is 13.6. The van der Waals surface area contributed by atoms with Gasteiger partial charge in [0.15, 0.2) is 0 Å². The molecule has 1 aliphatic rings. The minimum Gasteiger partial charge on any atom is -0.364 e. The van der Waals surface area contributed by atoms with Gasteiger partial charge < -0.3 is 5.32 Å². The van der Waals surface area contributed by atoms with Gasteiger partial charge in [-0.3, -0.25) is 9.78 Å². The van der Waals surface area contributed by atoms with E-state index in [2.05, 4.69) is 10.3 Å². The van der Waals surface area contributed by atoms with Crippen molar-refractivity contribution in [2.24, 2.45) is 0 Å². The molecule has 1 aliphatic heterocycles. The summed E-state index contributed by atoms with van der Waals surface area (Å²) in [6.45, 7) is 0. The first-order valence-electron chi connectivity index (χ1n) is 8.19. The van der Waals surface area contributed by atoms with E-state index in [0.29, 0.717) is 30.3 Å². The molecule has 0 bridgehead atoms. The number of halogens is 2. The van der Waals surface area contributed by atoms with Crippen LogP contribution in [0.2, 0.25) is 0 Å². The number of hydrogen-bond acceptors (Lipinski definition) is 3. The molecule has 0 unspecified atom stereocenters. The molecule has 1 atom stereocenters. The first kappa shape index (κ1) is 16.3. The summed E-state index contributed by atoms with van der Waals surface area (Å²) in [7, 11) is 0. The predicted octanol–water partition coefficient (Wildman–Crippen LogP) is 2.90. The summed E-state index contributed by atoms with van der Waals surface area (Å²) in [6, 6.07) is 12.3. The Hall–Kier alpha value is -3.22. The molecule has 2 heterocycles. The SMILES string of the molecule is O=c1[nH]c2c(c(=O)n1-c1cc(F)cc(F)c1)CC[C@H](c1ccccc1)N2. The van der Waals surface area contributed by atoms with Gasteiger partial charge in [0.1, 0.15) is 17.5 Å². The fraction of sp³-hybridized carbons (Fsp3) is 0.158. The number of rotatable bonds is 2. The molecule has 0 spiro atoms. The Morgan fingerprint density at radius 3 is 2.38 bits per heavy atom. The minimum absolute atomic E-state index is 0.0267. The van der Waals surface area contributed by atoms with Crippen molar-refractivity contribution in [2.45, 2.75) is 18.9 Å². The largest absolute Gasteiger partial charge is 0.364 e. The Morgan fingerprint density at radius 2 is 1.69 bits per heavy atom. The lowest BCUT2D eigenvalue weighted by Crippen LogP contribution is -2.39. The number of fused-ring (bicyclic) bond motifs is 1. The Labute approximate surface area is 146 Å². The standard InChI is InChI=1S/C19H15F2N3O2/c20-12-8-13(21)10-14(9-12)24-18(25)15-6-7-16(11-4-2-1-3-5-11)22-17(15)23-19(24)26/h1-5,8-10,16,22H,6-7H2,(H,23,26)/t16-/m1/s1. The first-order chi connectivity index (χ1) is 12.5. The Bertz CT molecular complexity index is 1070. The topological polar surface area (TPSA) is 66.9 Å². The highest BCUT2D eigenvalue weighted by molar-refractivity contribution is 5.49. The zero-order chi connectivity index (χ0) is 18.3. The quantitative estimate of drug-likeness (QED) is 0.743. The number of benzene rings is 2. The summed E-state index contributed by atoms with van der Waals surface area (Å²) < 4.78 is 27.7. The molecule has 1 aromatic heterocycles. The van der Waals surface area contributed by atoms with Crippen molar-refractivity contribution in [3.8, 4) is 5.69 Å². The number of hydrogen-bond donors (Lipinski definition) is 2. The number of H-pyrrole nitrogens is 1. The third-order valence-electron chi connectivity index (χ3n) is 4.51. The Balaban J connectivity index is 1.79. The fourth-order valence-corrected chi connectivity index (χ4v) is 3.30. The van der Waals surface area contributed by atoms with Gasteiger partial charge >= 0.3 is 5.69 Å². The van der Waals surface area contributed by atoms with E-state index in [1.165, 1.54) is 0 Å². The van der Waals surface area contributed by atoms with Crippen LogP contribution in [0.25, 0.3) is 5.69 Å². The molecule has 4 rings (SSSR count). The maximum atomic E-state index is 13.5. The Morgan fingerprint density at radius 1 is 1.00 bits per heavy atom. The lowest BCUT2D eigenvalue weighted by Gasteiger charge is -2.26. The number of aromatic nitrogens is 2. The maximum Gasteiger partial charge on any atom is 0.334 e. The molecule has 0 saturated carbocycles. The van der Waals surface area contributed by atoms with E-state index in [-0.39, 0.29) is 11.7 Å². The van der Waals surface area contributed by atoms with Crippen LogP contribution < -0.4 is 16.6 Å². The molecule has 0 amide bonds. The minimum atomic E-state index is -0.855. The van der Waals surface area contributed by atoms with E-state index in [9.17, 15) is 18.4 Å². The normalized spacial score (nSPS) is 16.0. The number of aromatic amines is 1. The van der Waals surface area contributed by atoms with Crippen LogP contribution in [0.4, 0.5) is 14.6 Å². The number of nitrogens with zero attached hydrogens (tertiary/aromatic N) is 1. The smallest absolute Gasteiger partial charge is 0.334 e. The molecular formula is C19H15F2N3O2. The average Bonchev–Trinajstić information content (AvgIpc) is 2.61. The monoisotopic (exact) mass is 355 g/mol. The average molecular weight is 355 g/mol. The van der Waals surface area contributed by atoms with Crippen LogP contribution in [0.1, 0.15) is 23.6 Å². The van der Waals surface area contributed by atoms with Crippen LogP contribution in [0.15, 0.2) is 58.1 Å². The second-order valence-electron chi connectivity index (χ2n) is 6.20. The molecule has 5 nitrogen and oxygen atoms in total. The van der Waals surface area contributed by atoms with Crippen LogP contribution in [0.3, 0.4) is 0 Å². The first-order valence-corrected chi connectivity index (χ1v) is 8.19. The zero-order valence-corrected chi connectivity index (χ0v) is 13.6. The van der Waals surface area contributed by atoms with E-state index in [4.69, 9.17) is 0 Å². The molecule has 0 radical (unpaired) electrons. The molecule has 0 fully saturated rings. The number of anilines is 1. The summed E-state index contributed by atoms with van der Waals surface area (Å²) in [5, 5.41) is 3.18. The van der Waals surface area contributed by atoms with Gasteiger partial charge in [-0.05, 0) is 30.5 Å². The van der Waals surface area contributed by atoms with Crippen molar-refractivity contribution in [1.82, 2.24) is 9.55 Å². The van der Waals surface area contributed by atoms with Crippen LogP contribution in [0, 0.1) is 11.6 Å². The third kappa shape index (κ3) is 2.81. The summed E-state index contributed by atoms with van der Waals surface area (Å²) in [5.74, 6) is -1.36. The van der Waals surface area contributed by atoms with E-state index >= 15 is 0 Å². The van der Waals surface area contributed by atoms with Gasteiger partial charge in [-0.15, -0.1) is 0 Å². The molecular weight excluding hydrogens is 340 g/mol. The van der Waals surface area contributed by atoms with Crippen LogP contribution in [0.5, 0.6) is 0 Å². The van der Waals surface area contributed by atoms with Gasteiger partial charge in [0.25, 0.3) is 5.56 Å². The van der Waals surface area contributed by atoms with Crippen molar-refractivity contribution in [3.63, 3.8) is 0 Å². The van der Waals surface area contributed by atoms with Crippen molar-refractivity contribution in [3.05, 3.63) is 92.1 Å². The van der Waals surface area contributed by atoms with E-state index in [1.807, 2.05) is 30.3 Å². The fourth-order valence-electron chi connectivity index (χ4n) is 3.30. The van der Waals surface area contributed by atoms with Crippen molar-refractivity contribution in [1.29, 1.82) is 0 Å². The second kappa shape index (κ2) is 6.25. The maximum absolute atomic E-state index is 13.5. The molecule has 2 aromatic carbocycles. The molecule has 0 saturated heterocycles. The van der Waals surface area contributed by atoms with Crippen molar-refractivity contribution in [2.75, 3.05) is 5.32 Å². The van der Waals surface area contributed by atoms with Gasteiger partial charge in [0, 0.05) is 6.07 Å². The summed E-state index contributed by atoms with van der Waals surface area (Å²) >= 11 is 0. The van der Waals surface area contributed by atoms with E-state index in [0.717, 1.165) is 22.3 Å². The molecule has 132 valence electrons. The van der Waals surface area contributed by atoms with Crippen LogP contribution in [-0.4, -0.2) is 9.55 Å². The van der Waals surface area contributed by atoms with Crippen molar-refractivity contribution < 1.29 is 8.78 Å². The highest BCUT2D eigenvalue weighted by Crippen LogP contribution is 2.29. The predicted molar refractivity (Wildman–Crippen MR) is 93.7 cm³/mol.